The number of hydrogen-bond donors (Lipinski definition) is 2. The fraction of sp³-hybridized carbons (Fsp3) is 0.571. The van der Waals surface area contributed by atoms with Crippen molar-refractivity contribution in [2.75, 3.05) is 11.9 Å². The predicted octanol–water partition coefficient (Wildman–Crippen LogP) is 2.82. The van der Waals surface area contributed by atoms with Gasteiger partial charge in [-0.25, -0.2) is 4.98 Å². The molecule has 2 N–H and O–H groups in total. The second-order valence-corrected chi connectivity index (χ2v) is 4.52. The van der Waals surface area contributed by atoms with Crippen LogP contribution in [0.3, 0.4) is 0 Å². The van der Waals surface area contributed by atoms with E-state index in [1.165, 1.54) is 0 Å². The minimum Gasteiger partial charge on any atom is -0.384 e. The number of nitrogens with zero attached hydrogens (tertiary/aromatic N) is 1. The summed E-state index contributed by atoms with van der Waals surface area (Å²) >= 11 is 0. The van der Waals surface area contributed by atoms with E-state index in [2.05, 4.69) is 29.5 Å². The van der Waals surface area contributed by atoms with Crippen LogP contribution in [0.15, 0.2) is 18.3 Å². The first-order valence-corrected chi connectivity index (χ1v) is 6.68. The van der Waals surface area contributed by atoms with Gasteiger partial charge in [0.1, 0.15) is 5.69 Å². The maximum absolute atomic E-state index is 11.9. The molecular formula is C14H23N3O. The first-order valence-electron chi connectivity index (χ1n) is 6.68. The van der Waals surface area contributed by atoms with Crippen LogP contribution in [0.1, 0.15) is 50.5 Å². The minimum atomic E-state index is -0.0991. The zero-order valence-electron chi connectivity index (χ0n) is 11.5. The number of nitrogens with one attached hydrogen (secondary N) is 2. The molecule has 0 aliphatic rings. The molecule has 1 rings (SSSR count). The molecule has 0 spiro atoms. The van der Waals surface area contributed by atoms with Gasteiger partial charge in [0.25, 0.3) is 5.91 Å². The molecule has 100 valence electrons. The van der Waals surface area contributed by atoms with Crippen LogP contribution >= 0.6 is 0 Å². The molecule has 0 radical (unpaired) electrons. The Morgan fingerprint density at radius 1 is 1.33 bits per heavy atom. The average molecular weight is 249 g/mol. The Kier molecular flexibility index (Phi) is 6.19. The summed E-state index contributed by atoms with van der Waals surface area (Å²) in [7, 11) is 0. The van der Waals surface area contributed by atoms with E-state index in [-0.39, 0.29) is 11.9 Å². The lowest BCUT2D eigenvalue weighted by Gasteiger charge is -2.12. The van der Waals surface area contributed by atoms with Crippen LogP contribution in [0.2, 0.25) is 0 Å². The van der Waals surface area contributed by atoms with Crippen molar-refractivity contribution < 1.29 is 4.79 Å². The number of hydrogen-bond acceptors (Lipinski definition) is 3. The Labute approximate surface area is 109 Å². The van der Waals surface area contributed by atoms with Crippen molar-refractivity contribution in [2.45, 2.75) is 46.1 Å². The highest BCUT2D eigenvalue weighted by molar-refractivity contribution is 5.92. The molecule has 4 nitrogen and oxygen atoms in total. The molecule has 1 aromatic rings. The third-order valence-electron chi connectivity index (χ3n) is 2.67. The summed E-state index contributed by atoms with van der Waals surface area (Å²) in [5, 5.41) is 6.17. The number of pyridine rings is 1. The molecule has 4 heteroatoms. The van der Waals surface area contributed by atoms with Crippen molar-refractivity contribution in [3.63, 3.8) is 0 Å². The van der Waals surface area contributed by atoms with E-state index in [0.29, 0.717) is 5.69 Å². The second-order valence-electron chi connectivity index (χ2n) is 4.52. The Hall–Kier alpha value is -1.58. The summed E-state index contributed by atoms with van der Waals surface area (Å²) in [6, 6.07) is 3.84. The van der Waals surface area contributed by atoms with Crippen LogP contribution < -0.4 is 10.6 Å². The molecule has 1 heterocycles. The van der Waals surface area contributed by atoms with Gasteiger partial charge in [-0.15, -0.1) is 0 Å². The lowest BCUT2D eigenvalue weighted by Crippen LogP contribution is -2.32. The molecule has 0 aliphatic heterocycles. The number of carbonyl (C=O) groups excluding carboxylic acids is 1. The van der Waals surface area contributed by atoms with Crippen molar-refractivity contribution in [1.82, 2.24) is 10.3 Å². The molecule has 0 saturated heterocycles. The normalized spacial score (nSPS) is 11.9. The van der Waals surface area contributed by atoms with E-state index in [0.717, 1.165) is 31.5 Å². The highest BCUT2D eigenvalue weighted by atomic mass is 16.1. The summed E-state index contributed by atoms with van der Waals surface area (Å²) in [4.78, 5) is 16.0. The van der Waals surface area contributed by atoms with E-state index >= 15 is 0 Å². The van der Waals surface area contributed by atoms with E-state index in [4.69, 9.17) is 0 Å². The lowest BCUT2D eigenvalue weighted by molar-refractivity contribution is 0.0933. The average Bonchev–Trinajstić information content (AvgIpc) is 2.37. The van der Waals surface area contributed by atoms with Gasteiger partial charge >= 0.3 is 0 Å². The number of rotatable bonds is 7. The Morgan fingerprint density at radius 3 is 2.67 bits per heavy atom. The van der Waals surface area contributed by atoms with Gasteiger partial charge in [0, 0.05) is 12.6 Å². The lowest BCUT2D eigenvalue weighted by atomic mass is 10.2. The Balaban J connectivity index is 2.53. The van der Waals surface area contributed by atoms with Crippen LogP contribution in [-0.2, 0) is 0 Å². The van der Waals surface area contributed by atoms with Crippen molar-refractivity contribution in [2.24, 2.45) is 0 Å². The molecule has 1 aromatic heterocycles. The molecule has 0 aliphatic carbocycles. The highest BCUT2D eigenvalue weighted by Crippen LogP contribution is 2.06. The fourth-order valence-electron chi connectivity index (χ4n) is 1.71. The molecule has 0 aromatic carbocycles. The first-order chi connectivity index (χ1) is 8.67. The van der Waals surface area contributed by atoms with Crippen LogP contribution in [-0.4, -0.2) is 23.5 Å². The van der Waals surface area contributed by atoms with Gasteiger partial charge in [0.2, 0.25) is 0 Å². The van der Waals surface area contributed by atoms with Gasteiger partial charge in [-0.3, -0.25) is 4.79 Å². The van der Waals surface area contributed by atoms with Gasteiger partial charge < -0.3 is 10.6 Å². The van der Waals surface area contributed by atoms with Crippen LogP contribution in [0.25, 0.3) is 0 Å². The first kappa shape index (κ1) is 14.5. The smallest absolute Gasteiger partial charge is 0.270 e. The van der Waals surface area contributed by atoms with Crippen molar-refractivity contribution >= 4 is 11.6 Å². The van der Waals surface area contributed by atoms with Gasteiger partial charge in [-0.05, 0) is 31.9 Å². The number of anilines is 1. The predicted molar refractivity (Wildman–Crippen MR) is 74.9 cm³/mol. The Morgan fingerprint density at radius 2 is 2.11 bits per heavy atom. The standard InChI is InChI=1S/C14H23N3O/c1-4-6-11(3)17-14(18)13-8-7-12(10-16-13)15-9-5-2/h7-8,10-11,15H,4-6,9H2,1-3H3,(H,17,18). The van der Waals surface area contributed by atoms with Crippen LogP contribution in [0, 0.1) is 0 Å². The Bertz CT molecular complexity index is 362. The SMILES string of the molecule is CCCNc1ccc(C(=O)NC(C)CCC)nc1. The summed E-state index contributed by atoms with van der Waals surface area (Å²) in [5.41, 5.74) is 1.43. The van der Waals surface area contributed by atoms with Crippen LogP contribution in [0.5, 0.6) is 0 Å². The molecule has 0 saturated carbocycles. The molecule has 1 amide bonds. The summed E-state index contributed by atoms with van der Waals surface area (Å²) in [6.45, 7) is 7.14. The third-order valence-corrected chi connectivity index (χ3v) is 2.67. The van der Waals surface area contributed by atoms with Crippen molar-refractivity contribution in [3.05, 3.63) is 24.0 Å². The molecule has 1 atom stereocenters. The monoisotopic (exact) mass is 249 g/mol. The van der Waals surface area contributed by atoms with Gasteiger partial charge in [0.05, 0.1) is 11.9 Å². The third kappa shape index (κ3) is 4.73. The van der Waals surface area contributed by atoms with Gasteiger partial charge in [-0.1, -0.05) is 20.3 Å². The largest absolute Gasteiger partial charge is 0.384 e. The minimum absolute atomic E-state index is 0.0991. The topological polar surface area (TPSA) is 54.0 Å². The zero-order chi connectivity index (χ0) is 13.4. The molecule has 18 heavy (non-hydrogen) atoms. The summed E-state index contributed by atoms with van der Waals surface area (Å²) in [6.07, 6.45) is 4.82. The van der Waals surface area contributed by atoms with E-state index in [9.17, 15) is 4.79 Å². The van der Waals surface area contributed by atoms with E-state index in [1.807, 2.05) is 13.0 Å². The van der Waals surface area contributed by atoms with Crippen molar-refractivity contribution in [3.8, 4) is 0 Å². The molecule has 0 fully saturated rings. The second kappa shape index (κ2) is 7.69. The fourth-order valence-corrected chi connectivity index (χ4v) is 1.71. The number of aromatic nitrogens is 1. The van der Waals surface area contributed by atoms with Gasteiger partial charge in [0.15, 0.2) is 0 Å². The molecular weight excluding hydrogens is 226 g/mol. The van der Waals surface area contributed by atoms with E-state index < -0.39 is 0 Å². The van der Waals surface area contributed by atoms with Crippen LogP contribution in [0.4, 0.5) is 5.69 Å². The maximum Gasteiger partial charge on any atom is 0.270 e. The quantitative estimate of drug-likeness (QED) is 0.781. The number of carbonyl (C=O) groups is 1. The summed E-state index contributed by atoms with van der Waals surface area (Å²) < 4.78 is 0. The van der Waals surface area contributed by atoms with Crippen molar-refractivity contribution in [1.29, 1.82) is 0 Å². The van der Waals surface area contributed by atoms with Gasteiger partial charge in [-0.2, -0.15) is 0 Å². The van der Waals surface area contributed by atoms with E-state index in [1.54, 1.807) is 12.3 Å². The molecule has 1 unspecified atom stereocenters. The highest BCUT2D eigenvalue weighted by Gasteiger charge is 2.09. The zero-order valence-corrected chi connectivity index (χ0v) is 11.5. The number of amides is 1. The summed E-state index contributed by atoms with van der Waals surface area (Å²) in [5.74, 6) is -0.0991. The maximum atomic E-state index is 11.9. The molecule has 0 bridgehead atoms.